The van der Waals surface area contributed by atoms with Crippen molar-refractivity contribution in [3.63, 3.8) is 0 Å². The molecule has 3 aromatic carbocycles. The number of amides is 3. The number of hydrogen-bond acceptors (Lipinski definition) is 3. The number of halogens is 1. The van der Waals surface area contributed by atoms with E-state index in [0.29, 0.717) is 29.9 Å². The van der Waals surface area contributed by atoms with Crippen molar-refractivity contribution in [2.45, 2.75) is 6.04 Å². The third kappa shape index (κ3) is 3.69. The first-order chi connectivity index (χ1) is 15.5. The minimum Gasteiger partial charge on any atom is -0.334 e. The van der Waals surface area contributed by atoms with Crippen LogP contribution in [0.1, 0.15) is 20.7 Å². The highest BCUT2D eigenvalue weighted by atomic mass is 79.9. The van der Waals surface area contributed by atoms with Crippen LogP contribution in [0, 0.1) is 0 Å². The van der Waals surface area contributed by atoms with E-state index in [2.05, 4.69) is 21.2 Å². The van der Waals surface area contributed by atoms with Gasteiger partial charge in [0.25, 0.3) is 11.8 Å². The number of rotatable bonds is 2. The Kier molecular flexibility index (Phi) is 5.27. The van der Waals surface area contributed by atoms with Gasteiger partial charge in [0.1, 0.15) is 6.04 Å². The van der Waals surface area contributed by atoms with Gasteiger partial charge in [-0.2, -0.15) is 0 Å². The molecule has 1 atom stereocenters. The summed E-state index contributed by atoms with van der Waals surface area (Å²) in [7, 11) is 0. The van der Waals surface area contributed by atoms with Gasteiger partial charge in [-0.1, -0.05) is 58.4 Å². The van der Waals surface area contributed by atoms with E-state index in [1.54, 1.807) is 28.0 Å². The van der Waals surface area contributed by atoms with E-state index in [0.717, 1.165) is 15.6 Å². The Labute approximate surface area is 194 Å². The van der Waals surface area contributed by atoms with Gasteiger partial charge in [-0.3, -0.25) is 14.4 Å². The van der Waals surface area contributed by atoms with Crippen molar-refractivity contribution in [3.05, 3.63) is 88.4 Å². The summed E-state index contributed by atoms with van der Waals surface area (Å²) in [5.74, 6) is -0.630. The molecule has 0 saturated carbocycles. The van der Waals surface area contributed by atoms with Crippen molar-refractivity contribution in [3.8, 4) is 11.1 Å². The van der Waals surface area contributed by atoms with Crippen LogP contribution in [0.2, 0.25) is 0 Å². The smallest absolute Gasteiger partial charge is 0.256 e. The van der Waals surface area contributed by atoms with E-state index in [9.17, 15) is 14.4 Å². The van der Waals surface area contributed by atoms with Crippen molar-refractivity contribution in [2.75, 3.05) is 25.0 Å². The van der Waals surface area contributed by atoms with E-state index in [1.807, 2.05) is 54.6 Å². The van der Waals surface area contributed by atoms with Gasteiger partial charge in [0.2, 0.25) is 5.91 Å². The molecule has 160 valence electrons. The number of nitrogens with zero attached hydrogens (tertiary/aromatic N) is 2. The van der Waals surface area contributed by atoms with E-state index < -0.39 is 6.04 Å². The Morgan fingerprint density at radius 3 is 2.38 bits per heavy atom. The molecule has 6 nitrogen and oxygen atoms in total. The van der Waals surface area contributed by atoms with Gasteiger partial charge in [0.05, 0.1) is 17.8 Å². The average molecular weight is 490 g/mol. The molecular formula is C25H20BrN3O3. The number of fused-ring (bicyclic) bond motifs is 2. The highest BCUT2D eigenvalue weighted by Gasteiger charge is 2.40. The van der Waals surface area contributed by atoms with Gasteiger partial charge in [-0.15, -0.1) is 0 Å². The second kappa shape index (κ2) is 8.24. The van der Waals surface area contributed by atoms with Gasteiger partial charge < -0.3 is 15.1 Å². The molecule has 0 spiro atoms. The maximum atomic E-state index is 13.1. The van der Waals surface area contributed by atoms with Crippen LogP contribution in [0.5, 0.6) is 0 Å². The molecule has 1 N–H and O–H groups in total. The lowest BCUT2D eigenvalue weighted by molar-refractivity contribution is -0.121. The molecule has 1 fully saturated rings. The zero-order valence-electron chi connectivity index (χ0n) is 17.1. The van der Waals surface area contributed by atoms with Crippen molar-refractivity contribution in [1.82, 2.24) is 9.80 Å². The summed E-state index contributed by atoms with van der Waals surface area (Å²) in [6, 6.07) is 21.9. The Bertz CT molecular complexity index is 1210. The maximum absolute atomic E-state index is 13.1. The summed E-state index contributed by atoms with van der Waals surface area (Å²) in [6.45, 7) is 0.834. The molecule has 7 heteroatoms. The molecule has 5 rings (SSSR count). The highest BCUT2D eigenvalue weighted by Crippen LogP contribution is 2.28. The molecular weight excluding hydrogens is 470 g/mol. The fourth-order valence-electron chi connectivity index (χ4n) is 4.23. The predicted molar refractivity (Wildman–Crippen MR) is 125 cm³/mol. The molecule has 1 saturated heterocycles. The van der Waals surface area contributed by atoms with E-state index in [-0.39, 0.29) is 24.3 Å². The van der Waals surface area contributed by atoms with Crippen molar-refractivity contribution in [1.29, 1.82) is 0 Å². The number of benzene rings is 3. The standard InChI is InChI=1S/C25H20BrN3O3/c26-19-10-11-21-20(14-19)25(32)29-13-12-28(15-22(29)23(30)27-21)24(31)18-8-6-17(7-9-18)16-4-2-1-3-5-16/h1-11,14,22H,12-13,15H2,(H,27,30)/t22-/m0/s1. The normalized spacial score (nSPS) is 17.8. The van der Waals surface area contributed by atoms with Crippen LogP contribution < -0.4 is 5.32 Å². The first kappa shape index (κ1) is 20.5. The number of hydrogen-bond donors (Lipinski definition) is 1. The quantitative estimate of drug-likeness (QED) is 0.590. The molecule has 0 bridgehead atoms. The lowest BCUT2D eigenvalue weighted by Crippen LogP contribution is -2.59. The Morgan fingerprint density at radius 1 is 0.906 bits per heavy atom. The molecule has 0 radical (unpaired) electrons. The molecule has 2 heterocycles. The first-order valence-corrected chi connectivity index (χ1v) is 11.2. The van der Waals surface area contributed by atoms with Crippen LogP contribution in [0.25, 0.3) is 11.1 Å². The predicted octanol–water partition coefficient (Wildman–Crippen LogP) is 4.04. The Balaban J connectivity index is 1.35. The minimum absolute atomic E-state index is 0.144. The second-order valence-electron chi connectivity index (χ2n) is 7.89. The lowest BCUT2D eigenvalue weighted by atomic mass is 10.0. The zero-order valence-corrected chi connectivity index (χ0v) is 18.7. The number of carbonyl (C=O) groups is 3. The van der Waals surface area contributed by atoms with Gasteiger partial charge in [-0.05, 0) is 41.5 Å². The third-order valence-electron chi connectivity index (χ3n) is 5.94. The minimum atomic E-state index is -0.727. The monoisotopic (exact) mass is 489 g/mol. The number of piperazine rings is 1. The number of anilines is 1. The van der Waals surface area contributed by atoms with Crippen molar-refractivity contribution < 1.29 is 14.4 Å². The second-order valence-corrected chi connectivity index (χ2v) is 8.80. The molecule has 0 unspecified atom stereocenters. The van der Waals surface area contributed by atoms with Crippen LogP contribution in [0.3, 0.4) is 0 Å². The van der Waals surface area contributed by atoms with Gasteiger partial charge >= 0.3 is 0 Å². The van der Waals surface area contributed by atoms with Crippen LogP contribution in [0.15, 0.2) is 77.3 Å². The van der Waals surface area contributed by atoms with Crippen LogP contribution in [-0.2, 0) is 4.79 Å². The van der Waals surface area contributed by atoms with Gasteiger partial charge in [0.15, 0.2) is 0 Å². The fourth-order valence-corrected chi connectivity index (χ4v) is 4.59. The largest absolute Gasteiger partial charge is 0.334 e. The topological polar surface area (TPSA) is 69.7 Å². The zero-order chi connectivity index (χ0) is 22.2. The maximum Gasteiger partial charge on any atom is 0.256 e. The molecule has 2 aliphatic heterocycles. The molecule has 32 heavy (non-hydrogen) atoms. The molecule has 3 amide bonds. The van der Waals surface area contributed by atoms with Crippen LogP contribution >= 0.6 is 15.9 Å². The summed E-state index contributed by atoms with van der Waals surface area (Å²) >= 11 is 3.38. The van der Waals surface area contributed by atoms with E-state index in [1.165, 1.54) is 0 Å². The lowest BCUT2D eigenvalue weighted by Gasteiger charge is -2.39. The number of nitrogens with one attached hydrogen (secondary N) is 1. The third-order valence-corrected chi connectivity index (χ3v) is 6.43. The van der Waals surface area contributed by atoms with Gasteiger partial charge in [-0.25, -0.2) is 0 Å². The summed E-state index contributed by atoms with van der Waals surface area (Å²) in [6.07, 6.45) is 0. The Hall–Kier alpha value is -3.45. The highest BCUT2D eigenvalue weighted by molar-refractivity contribution is 9.10. The molecule has 0 aliphatic carbocycles. The first-order valence-electron chi connectivity index (χ1n) is 10.4. The average Bonchev–Trinajstić information content (AvgIpc) is 2.93. The molecule has 2 aliphatic rings. The number of carbonyl (C=O) groups excluding carboxylic acids is 3. The van der Waals surface area contributed by atoms with E-state index in [4.69, 9.17) is 0 Å². The SMILES string of the molecule is O=C1Nc2ccc(Br)cc2C(=O)N2CCN(C(=O)c3ccc(-c4ccccc4)cc3)C[C@@H]12. The summed E-state index contributed by atoms with van der Waals surface area (Å²) in [5.41, 5.74) is 3.62. The summed E-state index contributed by atoms with van der Waals surface area (Å²) in [5, 5.41) is 2.84. The summed E-state index contributed by atoms with van der Waals surface area (Å²) in [4.78, 5) is 42.3. The van der Waals surface area contributed by atoms with Crippen molar-refractivity contribution >= 4 is 39.3 Å². The molecule has 3 aromatic rings. The van der Waals surface area contributed by atoms with Crippen molar-refractivity contribution in [2.24, 2.45) is 0 Å². The Morgan fingerprint density at radius 2 is 1.62 bits per heavy atom. The molecule has 0 aromatic heterocycles. The summed E-state index contributed by atoms with van der Waals surface area (Å²) < 4.78 is 0.769. The fraction of sp³-hybridized carbons (Fsp3) is 0.160. The van der Waals surface area contributed by atoms with Crippen LogP contribution in [0.4, 0.5) is 5.69 Å². The van der Waals surface area contributed by atoms with Crippen LogP contribution in [-0.4, -0.2) is 53.2 Å². The van der Waals surface area contributed by atoms with E-state index >= 15 is 0 Å². The van der Waals surface area contributed by atoms with Gasteiger partial charge in [0, 0.05) is 23.1 Å².